The van der Waals surface area contributed by atoms with Crippen molar-refractivity contribution in [3.63, 3.8) is 0 Å². The lowest BCUT2D eigenvalue weighted by Gasteiger charge is -2.17. The van der Waals surface area contributed by atoms with Gasteiger partial charge in [0.25, 0.3) is 0 Å². The highest BCUT2D eigenvalue weighted by molar-refractivity contribution is 6.00. The zero-order valence-electron chi connectivity index (χ0n) is 16.4. The molecule has 4 rings (SSSR count). The Balaban J connectivity index is 1.99. The van der Waals surface area contributed by atoms with Gasteiger partial charge >= 0.3 is 12.4 Å². The van der Waals surface area contributed by atoms with Gasteiger partial charge < -0.3 is 11.5 Å². The molecule has 0 aliphatic heterocycles. The molecule has 0 unspecified atom stereocenters. The van der Waals surface area contributed by atoms with Crippen molar-refractivity contribution in [2.24, 2.45) is 0 Å². The van der Waals surface area contributed by atoms with Crippen LogP contribution in [-0.4, -0.2) is 0 Å². The Morgan fingerprint density at radius 3 is 1.69 bits per heavy atom. The van der Waals surface area contributed by atoms with Crippen molar-refractivity contribution in [1.82, 2.24) is 0 Å². The van der Waals surface area contributed by atoms with Crippen molar-refractivity contribution in [2.75, 3.05) is 11.5 Å². The minimum absolute atomic E-state index is 0.0424. The minimum atomic E-state index is -4.66. The van der Waals surface area contributed by atoms with Crippen molar-refractivity contribution in [3.05, 3.63) is 83.9 Å². The van der Waals surface area contributed by atoms with Gasteiger partial charge in [-0.2, -0.15) is 26.3 Å². The van der Waals surface area contributed by atoms with Crippen LogP contribution in [-0.2, 0) is 12.4 Å². The fraction of sp³-hybridized carbons (Fsp3) is 0.0833. The van der Waals surface area contributed by atoms with Crippen molar-refractivity contribution < 1.29 is 26.3 Å². The summed E-state index contributed by atoms with van der Waals surface area (Å²) in [6.45, 7) is 0. The van der Waals surface area contributed by atoms with Crippen molar-refractivity contribution in [3.8, 4) is 22.3 Å². The highest BCUT2D eigenvalue weighted by Gasteiger charge is 2.35. The smallest absolute Gasteiger partial charge is 0.399 e. The molecule has 0 spiro atoms. The molecule has 0 aliphatic carbocycles. The fourth-order valence-electron chi connectivity index (χ4n) is 3.75. The Hall–Kier alpha value is -3.68. The summed E-state index contributed by atoms with van der Waals surface area (Å²) in [4.78, 5) is 0. The third-order valence-electron chi connectivity index (χ3n) is 5.18. The van der Waals surface area contributed by atoms with Gasteiger partial charge in [0, 0.05) is 11.4 Å². The number of anilines is 2. The first-order valence-corrected chi connectivity index (χ1v) is 9.42. The van der Waals surface area contributed by atoms with Crippen LogP contribution in [0, 0.1) is 0 Å². The molecule has 0 radical (unpaired) electrons. The van der Waals surface area contributed by atoms with Gasteiger partial charge in [-0.1, -0.05) is 42.5 Å². The number of hydrogen-bond acceptors (Lipinski definition) is 2. The summed E-state index contributed by atoms with van der Waals surface area (Å²) in [5, 5.41) is 0.963. The number of fused-ring (bicyclic) bond motifs is 1. The number of rotatable bonds is 2. The van der Waals surface area contributed by atoms with E-state index in [1.165, 1.54) is 42.5 Å². The van der Waals surface area contributed by atoms with Crippen LogP contribution < -0.4 is 11.5 Å². The van der Waals surface area contributed by atoms with Gasteiger partial charge in [-0.05, 0) is 63.4 Å². The molecule has 4 aromatic rings. The SMILES string of the molecule is Nc1ccc(-c2ccc3cccc(-c4ccc(N)cc4C(F)(F)F)c3c2)c(C(F)(F)F)c1. The van der Waals surface area contributed by atoms with Crippen LogP contribution in [0.5, 0.6) is 0 Å². The quantitative estimate of drug-likeness (QED) is 0.249. The van der Waals surface area contributed by atoms with Gasteiger partial charge in [-0.3, -0.25) is 0 Å². The van der Waals surface area contributed by atoms with E-state index in [2.05, 4.69) is 0 Å². The normalized spacial score (nSPS) is 12.3. The lowest BCUT2D eigenvalue weighted by Crippen LogP contribution is -2.08. The van der Waals surface area contributed by atoms with Gasteiger partial charge in [0.05, 0.1) is 11.1 Å². The second kappa shape index (κ2) is 7.47. The highest BCUT2D eigenvalue weighted by atomic mass is 19.4. The second-order valence-corrected chi connectivity index (χ2v) is 7.35. The van der Waals surface area contributed by atoms with E-state index in [9.17, 15) is 26.3 Å². The van der Waals surface area contributed by atoms with Gasteiger partial charge in [-0.15, -0.1) is 0 Å². The summed E-state index contributed by atoms with van der Waals surface area (Å²) >= 11 is 0. The van der Waals surface area contributed by atoms with E-state index in [-0.39, 0.29) is 33.6 Å². The average Bonchev–Trinajstić information content (AvgIpc) is 2.72. The topological polar surface area (TPSA) is 52.0 Å². The van der Waals surface area contributed by atoms with Crippen LogP contribution in [0.15, 0.2) is 72.8 Å². The maximum atomic E-state index is 13.7. The van der Waals surface area contributed by atoms with Crippen LogP contribution in [0.2, 0.25) is 0 Å². The van der Waals surface area contributed by atoms with Gasteiger partial charge in [-0.25, -0.2) is 0 Å². The third kappa shape index (κ3) is 3.95. The Morgan fingerprint density at radius 2 is 1.09 bits per heavy atom. The maximum Gasteiger partial charge on any atom is 0.417 e. The summed E-state index contributed by atoms with van der Waals surface area (Å²) in [5.41, 5.74) is 9.42. The molecule has 8 heteroatoms. The van der Waals surface area contributed by atoms with Crippen LogP contribution in [0.3, 0.4) is 0 Å². The molecule has 0 amide bonds. The Bertz CT molecular complexity index is 1320. The van der Waals surface area contributed by atoms with E-state index in [4.69, 9.17) is 11.5 Å². The van der Waals surface area contributed by atoms with Crippen LogP contribution in [0.1, 0.15) is 11.1 Å². The Kier molecular flexibility index (Phi) is 5.03. The summed E-state index contributed by atoms with van der Waals surface area (Å²) in [5.74, 6) is 0. The van der Waals surface area contributed by atoms with Crippen molar-refractivity contribution in [2.45, 2.75) is 12.4 Å². The molecular weight excluding hydrogens is 430 g/mol. The highest BCUT2D eigenvalue weighted by Crippen LogP contribution is 2.43. The molecule has 0 aliphatic rings. The zero-order chi connectivity index (χ0) is 23.3. The number of nitrogen functional groups attached to an aromatic ring is 2. The Labute approximate surface area is 179 Å². The molecule has 0 saturated heterocycles. The molecule has 0 atom stereocenters. The number of nitrogens with two attached hydrogens (primary N) is 2. The molecule has 164 valence electrons. The summed E-state index contributed by atoms with van der Waals surface area (Å²) in [6, 6.07) is 16.2. The van der Waals surface area contributed by atoms with Crippen molar-refractivity contribution in [1.29, 1.82) is 0 Å². The van der Waals surface area contributed by atoms with Gasteiger partial charge in [0.2, 0.25) is 0 Å². The molecule has 0 saturated carbocycles. The van der Waals surface area contributed by atoms with Crippen LogP contribution >= 0.6 is 0 Å². The van der Waals surface area contributed by atoms with E-state index in [1.54, 1.807) is 18.2 Å². The number of hydrogen-bond donors (Lipinski definition) is 2. The first kappa shape index (κ1) is 21.5. The van der Waals surface area contributed by atoms with E-state index in [0.29, 0.717) is 10.8 Å². The zero-order valence-corrected chi connectivity index (χ0v) is 16.4. The molecule has 2 nitrogen and oxygen atoms in total. The Morgan fingerprint density at radius 1 is 0.531 bits per heavy atom. The molecule has 0 aromatic heterocycles. The average molecular weight is 446 g/mol. The minimum Gasteiger partial charge on any atom is -0.399 e. The van der Waals surface area contributed by atoms with Gasteiger partial charge in [0.1, 0.15) is 0 Å². The van der Waals surface area contributed by atoms with E-state index < -0.39 is 23.5 Å². The molecule has 4 aromatic carbocycles. The lowest BCUT2D eigenvalue weighted by atomic mass is 9.91. The van der Waals surface area contributed by atoms with E-state index in [0.717, 1.165) is 12.1 Å². The monoisotopic (exact) mass is 446 g/mol. The third-order valence-corrected chi connectivity index (χ3v) is 5.18. The lowest BCUT2D eigenvalue weighted by molar-refractivity contribution is -0.137. The van der Waals surface area contributed by atoms with Crippen LogP contribution in [0.4, 0.5) is 37.7 Å². The van der Waals surface area contributed by atoms with E-state index >= 15 is 0 Å². The standard InChI is InChI=1S/C24H16F6N2/c25-23(26,27)21-11-15(31)6-8-17(21)14-5-4-13-2-1-3-18(20(13)10-14)19-9-7-16(32)12-22(19)24(28,29)30/h1-12H,31-32H2. The first-order chi connectivity index (χ1) is 14.9. The molecule has 0 fully saturated rings. The summed E-state index contributed by atoms with van der Waals surface area (Å²) in [7, 11) is 0. The number of alkyl halides is 6. The largest absolute Gasteiger partial charge is 0.417 e. The maximum absolute atomic E-state index is 13.7. The second-order valence-electron chi connectivity index (χ2n) is 7.35. The van der Waals surface area contributed by atoms with Gasteiger partial charge in [0.15, 0.2) is 0 Å². The molecular formula is C24H16F6N2. The molecule has 4 N–H and O–H groups in total. The predicted octanol–water partition coefficient (Wildman–Crippen LogP) is 7.38. The number of halogens is 6. The molecule has 0 bridgehead atoms. The van der Waals surface area contributed by atoms with E-state index in [1.807, 2.05) is 0 Å². The van der Waals surface area contributed by atoms with Crippen molar-refractivity contribution >= 4 is 22.1 Å². The predicted molar refractivity (Wildman–Crippen MR) is 114 cm³/mol. The summed E-state index contributed by atoms with van der Waals surface area (Å²) < 4.78 is 81.9. The first-order valence-electron chi connectivity index (χ1n) is 9.42. The molecule has 0 heterocycles. The summed E-state index contributed by atoms with van der Waals surface area (Å²) in [6.07, 6.45) is -9.31. The molecule has 32 heavy (non-hydrogen) atoms. The fourth-order valence-corrected chi connectivity index (χ4v) is 3.75. The number of benzene rings is 4. The van der Waals surface area contributed by atoms with Crippen LogP contribution in [0.25, 0.3) is 33.0 Å².